The van der Waals surface area contributed by atoms with Crippen LogP contribution in [0, 0.1) is 15.0 Å². The van der Waals surface area contributed by atoms with Crippen molar-refractivity contribution in [2.24, 2.45) is 11.3 Å². The number of aromatic nitrogens is 2. The van der Waals surface area contributed by atoms with Gasteiger partial charge in [0.05, 0.1) is 50.6 Å². The zero-order valence-corrected chi connectivity index (χ0v) is 25.2. The van der Waals surface area contributed by atoms with Gasteiger partial charge in [0.25, 0.3) is 0 Å². The number of ether oxygens (including phenoxy) is 6. The van der Waals surface area contributed by atoms with Crippen molar-refractivity contribution in [3.8, 4) is 0 Å². The third-order valence-electron chi connectivity index (χ3n) is 9.24. The topological polar surface area (TPSA) is 81.2 Å². The minimum Gasteiger partial charge on any atom is -0.323 e. The highest BCUT2D eigenvalue weighted by molar-refractivity contribution is 14.1. The average molecular weight is 671 g/mol. The van der Waals surface area contributed by atoms with Crippen molar-refractivity contribution in [1.29, 1.82) is 0 Å². The molecule has 1 saturated carbocycles. The van der Waals surface area contributed by atoms with Crippen LogP contribution in [0.15, 0.2) is 73.2 Å². The first-order valence-corrected chi connectivity index (χ1v) is 15.6. The lowest BCUT2D eigenvalue weighted by molar-refractivity contribution is -0.486. The second-order valence-electron chi connectivity index (χ2n) is 11.8. The molecule has 1 aliphatic carbocycles. The second kappa shape index (κ2) is 11.3. The molecular formula is C32H35IN2O6. The second-order valence-corrected chi connectivity index (χ2v) is 12.9. The molecule has 4 bridgehead atoms. The van der Waals surface area contributed by atoms with E-state index >= 15 is 0 Å². The molecule has 9 heteroatoms. The van der Waals surface area contributed by atoms with Crippen molar-refractivity contribution < 1.29 is 28.4 Å². The Hall–Kier alpha value is -1.99. The molecular weight excluding hydrogens is 635 g/mol. The smallest absolute Gasteiger partial charge is 0.313 e. The van der Waals surface area contributed by atoms with Gasteiger partial charge >= 0.3 is 11.9 Å². The fourth-order valence-electron chi connectivity index (χ4n) is 6.64. The summed E-state index contributed by atoms with van der Waals surface area (Å²) in [7, 11) is 0. The van der Waals surface area contributed by atoms with Gasteiger partial charge in [-0.3, -0.25) is 4.98 Å². The van der Waals surface area contributed by atoms with Gasteiger partial charge in [-0.05, 0) is 71.2 Å². The maximum Gasteiger partial charge on any atom is 0.313 e. The van der Waals surface area contributed by atoms with Crippen LogP contribution in [0.2, 0.25) is 0 Å². The van der Waals surface area contributed by atoms with Crippen LogP contribution in [-0.4, -0.2) is 49.6 Å². The number of nitrogens with zero attached hydrogens (tertiary/aromatic N) is 2. The quantitative estimate of drug-likeness (QED) is 0.261. The Kier molecular flexibility index (Phi) is 7.64. The van der Waals surface area contributed by atoms with Crippen molar-refractivity contribution in [3.05, 3.63) is 93.6 Å². The van der Waals surface area contributed by atoms with Crippen LogP contribution in [0.5, 0.6) is 0 Å². The summed E-state index contributed by atoms with van der Waals surface area (Å²) < 4.78 is 36.9. The molecule has 0 amide bonds. The van der Waals surface area contributed by atoms with E-state index < -0.39 is 11.9 Å². The SMILES string of the molecule is Ic1ccc(C23OCC(C4CCCCC4)(CO2)CO3)cn1.c1ccc(C23COC(c4ccncc4)(OC2)OC3)cc1. The Morgan fingerprint density at radius 3 is 1.78 bits per heavy atom. The largest absolute Gasteiger partial charge is 0.323 e. The summed E-state index contributed by atoms with van der Waals surface area (Å²) in [5.41, 5.74) is 2.78. The van der Waals surface area contributed by atoms with Gasteiger partial charge in [-0.1, -0.05) is 49.6 Å². The van der Waals surface area contributed by atoms with Gasteiger partial charge in [0.15, 0.2) is 0 Å². The van der Waals surface area contributed by atoms with Crippen LogP contribution in [0.25, 0.3) is 0 Å². The van der Waals surface area contributed by atoms with E-state index in [9.17, 15) is 0 Å². The van der Waals surface area contributed by atoms with Crippen LogP contribution >= 0.6 is 22.6 Å². The number of pyridine rings is 2. The number of fused-ring (bicyclic) bond motifs is 6. The van der Waals surface area contributed by atoms with Crippen molar-refractivity contribution in [3.63, 3.8) is 0 Å². The molecule has 8 heterocycles. The molecule has 3 aromatic rings. The zero-order valence-electron chi connectivity index (χ0n) is 23.0. The summed E-state index contributed by atoms with van der Waals surface area (Å²) in [6.45, 7) is 4.01. The highest BCUT2D eigenvalue weighted by Crippen LogP contribution is 2.51. The number of halogens is 1. The summed E-state index contributed by atoms with van der Waals surface area (Å²) in [5, 5.41) is 0. The molecule has 7 aliphatic rings. The average Bonchev–Trinajstić information content (AvgIpc) is 3.08. The van der Waals surface area contributed by atoms with E-state index in [2.05, 4.69) is 44.7 Å². The predicted octanol–water partition coefficient (Wildman–Crippen LogP) is 5.65. The zero-order chi connectivity index (χ0) is 27.8. The first-order chi connectivity index (χ1) is 20.1. The molecule has 0 N–H and O–H groups in total. The summed E-state index contributed by atoms with van der Waals surface area (Å²) >= 11 is 2.19. The fraction of sp³-hybridized carbons (Fsp3) is 0.500. The standard InChI is InChI=1S/C16H20INO3.C16H15NO3/c17-14-7-6-13(8-18-14)16-19-9-15(10-20-16,11-21-16)12-4-2-1-3-5-12;1-2-4-13(5-3-1)15-10-18-16(19-11-15,20-12-15)14-6-8-17-9-7-14/h6-8,12H,1-5,9-11H2;1-9H,10-12H2. The minimum atomic E-state index is -1.06. The molecule has 8 nitrogen and oxygen atoms in total. The normalized spacial score (nSPS) is 34.6. The minimum absolute atomic E-state index is 0.0683. The summed E-state index contributed by atoms with van der Waals surface area (Å²) in [6, 6.07) is 17.9. The van der Waals surface area contributed by atoms with Crippen molar-refractivity contribution >= 4 is 22.6 Å². The number of benzene rings is 1. The van der Waals surface area contributed by atoms with Crippen LogP contribution in [0.3, 0.4) is 0 Å². The molecule has 0 atom stereocenters. The van der Waals surface area contributed by atoms with Gasteiger partial charge in [0.2, 0.25) is 0 Å². The Labute approximate surface area is 254 Å². The molecule has 0 unspecified atom stereocenters. The van der Waals surface area contributed by atoms with E-state index in [1.807, 2.05) is 42.5 Å². The van der Waals surface area contributed by atoms with Gasteiger partial charge < -0.3 is 28.4 Å². The van der Waals surface area contributed by atoms with Crippen LogP contribution in [0.4, 0.5) is 0 Å². The van der Waals surface area contributed by atoms with Gasteiger partial charge in [-0.15, -0.1) is 0 Å². The number of hydrogen-bond donors (Lipinski definition) is 0. The summed E-state index contributed by atoms with van der Waals surface area (Å²) in [4.78, 5) is 8.33. The predicted molar refractivity (Wildman–Crippen MR) is 157 cm³/mol. The van der Waals surface area contributed by atoms with E-state index in [1.54, 1.807) is 18.6 Å². The third kappa shape index (κ3) is 5.13. The van der Waals surface area contributed by atoms with Crippen molar-refractivity contribution in [1.82, 2.24) is 9.97 Å². The fourth-order valence-corrected chi connectivity index (χ4v) is 6.96. The molecule has 6 aliphatic heterocycles. The van der Waals surface area contributed by atoms with E-state index in [-0.39, 0.29) is 10.8 Å². The molecule has 0 spiro atoms. The first kappa shape index (κ1) is 27.8. The monoisotopic (exact) mass is 670 g/mol. The summed E-state index contributed by atoms with van der Waals surface area (Å²) in [5.74, 6) is -1.40. The Morgan fingerprint density at radius 2 is 1.20 bits per heavy atom. The van der Waals surface area contributed by atoms with Crippen molar-refractivity contribution in [2.45, 2.75) is 49.5 Å². The first-order valence-electron chi connectivity index (χ1n) is 14.5. The van der Waals surface area contributed by atoms with E-state index in [4.69, 9.17) is 28.4 Å². The highest BCUT2D eigenvalue weighted by atomic mass is 127. The maximum atomic E-state index is 6.06. The van der Waals surface area contributed by atoms with Crippen LogP contribution < -0.4 is 0 Å². The lowest BCUT2D eigenvalue weighted by Gasteiger charge is -2.55. The van der Waals surface area contributed by atoms with E-state index in [0.717, 1.165) is 34.6 Å². The maximum absolute atomic E-state index is 6.06. The Morgan fingerprint density at radius 1 is 0.610 bits per heavy atom. The molecule has 1 aromatic carbocycles. The van der Waals surface area contributed by atoms with Crippen molar-refractivity contribution in [2.75, 3.05) is 39.6 Å². The molecule has 7 fully saturated rings. The lowest BCUT2D eigenvalue weighted by atomic mass is 9.69. The van der Waals surface area contributed by atoms with Gasteiger partial charge in [0, 0.05) is 29.6 Å². The molecule has 10 rings (SSSR count). The highest BCUT2D eigenvalue weighted by Gasteiger charge is 2.57. The van der Waals surface area contributed by atoms with E-state index in [0.29, 0.717) is 25.7 Å². The Bertz CT molecular complexity index is 1210. The van der Waals surface area contributed by atoms with Crippen LogP contribution in [0.1, 0.15) is 48.8 Å². The lowest BCUT2D eigenvalue weighted by Crippen LogP contribution is -2.61. The molecule has 216 valence electrons. The van der Waals surface area contributed by atoms with Gasteiger partial charge in [-0.2, -0.15) is 0 Å². The molecule has 6 saturated heterocycles. The molecule has 0 radical (unpaired) electrons. The van der Waals surface area contributed by atoms with Gasteiger partial charge in [-0.25, -0.2) is 4.98 Å². The molecule has 41 heavy (non-hydrogen) atoms. The van der Waals surface area contributed by atoms with E-state index in [1.165, 1.54) is 37.7 Å². The number of rotatable bonds is 4. The number of hydrogen-bond acceptors (Lipinski definition) is 8. The Balaban J connectivity index is 0.000000135. The van der Waals surface area contributed by atoms with Gasteiger partial charge in [0.1, 0.15) is 3.70 Å². The summed E-state index contributed by atoms with van der Waals surface area (Å²) in [6.07, 6.45) is 11.8. The third-order valence-corrected chi connectivity index (χ3v) is 9.87. The molecule has 2 aromatic heterocycles. The van der Waals surface area contributed by atoms with Crippen LogP contribution in [-0.2, 0) is 45.8 Å².